The molecule has 0 spiro atoms. The van der Waals surface area contributed by atoms with Crippen molar-refractivity contribution in [2.24, 2.45) is 12.8 Å². The summed E-state index contributed by atoms with van der Waals surface area (Å²) in [5, 5.41) is 5.31. The Bertz CT molecular complexity index is 680. The zero-order chi connectivity index (χ0) is 12.5. The normalized spacial score (nSPS) is 11.2. The minimum atomic E-state index is 0.530. The Morgan fingerprint density at radius 1 is 1.33 bits per heavy atom. The van der Waals surface area contributed by atoms with Gasteiger partial charge < -0.3 is 10.3 Å². The van der Waals surface area contributed by atoms with Crippen LogP contribution >= 0.6 is 0 Å². The van der Waals surface area contributed by atoms with E-state index < -0.39 is 0 Å². The maximum Gasteiger partial charge on any atom is 0.140 e. The number of nitrogens with zero attached hydrogens (tertiary/aromatic N) is 4. The highest BCUT2D eigenvalue weighted by Gasteiger charge is 2.08. The van der Waals surface area contributed by atoms with Crippen LogP contribution < -0.4 is 5.73 Å². The van der Waals surface area contributed by atoms with Gasteiger partial charge in [0.25, 0.3) is 0 Å². The van der Waals surface area contributed by atoms with Crippen molar-refractivity contribution in [3.8, 4) is 0 Å². The molecule has 3 rings (SSSR count). The number of hydrogen-bond acceptors (Lipinski definition) is 3. The van der Waals surface area contributed by atoms with E-state index in [4.69, 9.17) is 5.73 Å². The summed E-state index contributed by atoms with van der Waals surface area (Å²) in [5.41, 5.74) is 9.03. The fraction of sp³-hybridized carbons (Fsp3) is 0.231. The van der Waals surface area contributed by atoms with Crippen LogP contribution in [0.3, 0.4) is 0 Å². The summed E-state index contributed by atoms with van der Waals surface area (Å²) < 4.78 is 3.92. The van der Waals surface area contributed by atoms with Gasteiger partial charge in [-0.1, -0.05) is 0 Å². The number of hydrogen-bond donors (Lipinski definition) is 1. The molecule has 0 radical (unpaired) electrons. The Balaban J connectivity index is 2.06. The average Bonchev–Trinajstić information content (AvgIpc) is 2.95. The standard InChI is InChI=1S/C13H15N5/c1-17-7-10(6-16-17)8-18-9-11(5-14)12-3-2-4-15-13(12)18/h2-4,6-7,9H,5,8,14H2,1H3. The minimum Gasteiger partial charge on any atom is -0.328 e. The van der Waals surface area contributed by atoms with Crippen molar-refractivity contribution in [3.63, 3.8) is 0 Å². The average molecular weight is 241 g/mol. The first-order valence-corrected chi connectivity index (χ1v) is 5.88. The minimum absolute atomic E-state index is 0.530. The third-order valence-corrected chi connectivity index (χ3v) is 3.05. The number of rotatable bonds is 3. The molecule has 0 amide bonds. The molecule has 0 fully saturated rings. The fourth-order valence-corrected chi connectivity index (χ4v) is 2.23. The molecule has 0 aliphatic heterocycles. The van der Waals surface area contributed by atoms with Gasteiger partial charge in [0, 0.05) is 43.1 Å². The van der Waals surface area contributed by atoms with Crippen LogP contribution in [0, 0.1) is 0 Å². The monoisotopic (exact) mass is 241 g/mol. The third-order valence-electron chi connectivity index (χ3n) is 3.05. The van der Waals surface area contributed by atoms with E-state index in [9.17, 15) is 0 Å². The zero-order valence-corrected chi connectivity index (χ0v) is 10.2. The molecule has 3 aromatic heterocycles. The van der Waals surface area contributed by atoms with Gasteiger partial charge in [-0.3, -0.25) is 4.68 Å². The molecule has 0 saturated carbocycles. The van der Waals surface area contributed by atoms with Crippen molar-refractivity contribution < 1.29 is 0 Å². The molecule has 3 heterocycles. The Hall–Kier alpha value is -2.14. The smallest absolute Gasteiger partial charge is 0.140 e. The molecular formula is C13H15N5. The number of pyridine rings is 1. The number of fused-ring (bicyclic) bond motifs is 1. The van der Waals surface area contributed by atoms with Crippen LogP contribution in [0.4, 0.5) is 0 Å². The topological polar surface area (TPSA) is 61.7 Å². The van der Waals surface area contributed by atoms with Crippen molar-refractivity contribution in [1.29, 1.82) is 0 Å². The summed E-state index contributed by atoms with van der Waals surface area (Å²) >= 11 is 0. The molecule has 2 N–H and O–H groups in total. The second-order valence-corrected chi connectivity index (χ2v) is 4.38. The van der Waals surface area contributed by atoms with E-state index in [1.807, 2.05) is 31.7 Å². The first-order valence-electron chi connectivity index (χ1n) is 5.88. The molecule has 0 unspecified atom stereocenters. The van der Waals surface area contributed by atoms with Gasteiger partial charge in [-0.15, -0.1) is 0 Å². The van der Waals surface area contributed by atoms with E-state index >= 15 is 0 Å². The van der Waals surface area contributed by atoms with Crippen LogP contribution in [-0.4, -0.2) is 19.3 Å². The lowest BCUT2D eigenvalue weighted by Gasteiger charge is -2.01. The zero-order valence-electron chi connectivity index (χ0n) is 10.2. The van der Waals surface area contributed by atoms with Gasteiger partial charge in [0.15, 0.2) is 0 Å². The maximum atomic E-state index is 5.77. The third kappa shape index (κ3) is 1.78. The maximum absolute atomic E-state index is 5.77. The molecule has 0 aliphatic carbocycles. The summed E-state index contributed by atoms with van der Waals surface area (Å²) in [6, 6.07) is 4.00. The molecular weight excluding hydrogens is 226 g/mol. The molecule has 0 saturated heterocycles. The molecule has 5 nitrogen and oxygen atoms in total. The van der Waals surface area contributed by atoms with Crippen LogP contribution in [0.25, 0.3) is 11.0 Å². The van der Waals surface area contributed by atoms with Gasteiger partial charge in [-0.2, -0.15) is 5.10 Å². The van der Waals surface area contributed by atoms with Gasteiger partial charge in [-0.25, -0.2) is 4.98 Å². The van der Waals surface area contributed by atoms with Crippen molar-refractivity contribution in [2.75, 3.05) is 0 Å². The second-order valence-electron chi connectivity index (χ2n) is 4.38. The highest BCUT2D eigenvalue weighted by Crippen LogP contribution is 2.19. The molecule has 92 valence electrons. The Morgan fingerprint density at radius 3 is 2.94 bits per heavy atom. The predicted molar refractivity (Wildman–Crippen MR) is 69.9 cm³/mol. The first kappa shape index (κ1) is 11.0. The van der Waals surface area contributed by atoms with Gasteiger partial charge in [0.1, 0.15) is 5.65 Å². The van der Waals surface area contributed by atoms with Crippen molar-refractivity contribution in [3.05, 3.63) is 48.0 Å². The van der Waals surface area contributed by atoms with Gasteiger partial charge in [0.2, 0.25) is 0 Å². The predicted octanol–water partition coefficient (Wildman–Crippen LogP) is 1.28. The molecule has 0 aliphatic rings. The first-order chi connectivity index (χ1) is 8.78. The van der Waals surface area contributed by atoms with Gasteiger partial charge in [0.05, 0.1) is 12.7 Å². The van der Waals surface area contributed by atoms with Gasteiger partial charge in [-0.05, 0) is 17.7 Å². The highest BCUT2D eigenvalue weighted by molar-refractivity contribution is 5.80. The lowest BCUT2D eigenvalue weighted by atomic mass is 10.2. The molecule has 18 heavy (non-hydrogen) atoms. The highest BCUT2D eigenvalue weighted by atomic mass is 15.2. The van der Waals surface area contributed by atoms with Crippen LogP contribution in [0.1, 0.15) is 11.1 Å². The van der Waals surface area contributed by atoms with Crippen molar-refractivity contribution >= 4 is 11.0 Å². The van der Waals surface area contributed by atoms with Gasteiger partial charge >= 0.3 is 0 Å². The van der Waals surface area contributed by atoms with E-state index in [2.05, 4.69) is 26.9 Å². The van der Waals surface area contributed by atoms with Crippen LogP contribution in [-0.2, 0) is 20.1 Å². The molecule has 0 aromatic carbocycles. The quantitative estimate of drug-likeness (QED) is 0.751. The van der Waals surface area contributed by atoms with E-state index in [1.165, 1.54) is 0 Å². The molecule has 0 bridgehead atoms. The summed E-state index contributed by atoms with van der Waals surface area (Å²) in [6.07, 6.45) is 7.76. The second kappa shape index (κ2) is 4.27. The Morgan fingerprint density at radius 2 is 2.22 bits per heavy atom. The van der Waals surface area contributed by atoms with Crippen LogP contribution in [0.5, 0.6) is 0 Å². The lowest BCUT2D eigenvalue weighted by molar-refractivity contribution is 0.764. The number of nitrogens with two attached hydrogens (primary N) is 1. The van der Waals surface area contributed by atoms with Crippen LogP contribution in [0.2, 0.25) is 0 Å². The summed E-state index contributed by atoms with van der Waals surface area (Å²) in [7, 11) is 1.92. The molecule has 0 atom stereocenters. The van der Waals surface area contributed by atoms with Crippen LogP contribution in [0.15, 0.2) is 36.9 Å². The van der Waals surface area contributed by atoms with E-state index in [-0.39, 0.29) is 0 Å². The Kier molecular flexibility index (Phi) is 2.60. The Labute approximate surface area is 105 Å². The number of aromatic nitrogens is 4. The SMILES string of the molecule is Cn1cc(Cn2cc(CN)c3cccnc32)cn1. The number of aryl methyl sites for hydroxylation is 1. The van der Waals surface area contributed by atoms with E-state index in [0.717, 1.165) is 28.7 Å². The van der Waals surface area contributed by atoms with Crippen molar-refractivity contribution in [2.45, 2.75) is 13.1 Å². The lowest BCUT2D eigenvalue weighted by Crippen LogP contribution is -1.98. The summed E-state index contributed by atoms with van der Waals surface area (Å²) in [4.78, 5) is 4.43. The van der Waals surface area contributed by atoms with Crippen molar-refractivity contribution in [1.82, 2.24) is 19.3 Å². The fourth-order valence-electron chi connectivity index (χ4n) is 2.23. The largest absolute Gasteiger partial charge is 0.328 e. The van der Waals surface area contributed by atoms with E-state index in [0.29, 0.717) is 6.54 Å². The summed E-state index contributed by atoms with van der Waals surface area (Å²) in [5.74, 6) is 0. The van der Waals surface area contributed by atoms with E-state index in [1.54, 1.807) is 4.68 Å². The molecule has 3 aromatic rings. The molecule has 5 heteroatoms. The summed E-state index contributed by atoms with van der Waals surface area (Å²) in [6.45, 7) is 1.30.